The maximum Gasteiger partial charge on any atom is 0.274 e. The predicted octanol–water partition coefficient (Wildman–Crippen LogP) is 0.692. The lowest BCUT2D eigenvalue weighted by atomic mass is 9.98. The van der Waals surface area contributed by atoms with Crippen LogP contribution in [0, 0.1) is 0 Å². The zero-order valence-corrected chi connectivity index (χ0v) is 9.70. The molecule has 0 aliphatic carbocycles. The zero-order valence-electron chi connectivity index (χ0n) is 8.88. The third kappa shape index (κ3) is 2.52. The van der Waals surface area contributed by atoms with Crippen LogP contribution in [0.1, 0.15) is 24.9 Å². The number of fused-ring (bicyclic) bond motifs is 1. The van der Waals surface area contributed by atoms with Gasteiger partial charge in [-0.3, -0.25) is 0 Å². The molecule has 16 heavy (non-hydrogen) atoms. The van der Waals surface area contributed by atoms with E-state index in [4.69, 9.17) is 9.88 Å². The largest absolute Gasteiger partial charge is 0.490 e. The lowest BCUT2D eigenvalue weighted by Crippen LogP contribution is -2.38. The molecule has 0 bridgehead atoms. The molecule has 1 aliphatic heterocycles. The van der Waals surface area contributed by atoms with Gasteiger partial charge in [-0.25, -0.2) is 5.14 Å². The second kappa shape index (κ2) is 4.04. The van der Waals surface area contributed by atoms with E-state index in [0.29, 0.717) is 12.2 Å². The molecular formula is C10H14N2O3S. The summed E-state index contributed by atoms with van der Waals surface area (Å²) in [5, 5.41) is 4.99. The number of rotatable bonds is 2. The third-order valence-corrected chi connectivity index (χ3v) is 3.11. The van der Waals surface area contributed by atoms with Crippen LogP contribution in [0.5, 0.6) is 5.75 Å². The quantitative estimate of drug-likeness (QED) is 0.800. The molecule has 1 aromatic carbocycles. The van der Waals surface area contributed by atoms with E-state index in [0.717, 1.165) is 5.56 Å². The number of hydrogen-bond donors (Lipinski definition) is 2. The van der Waals surface area contributed by atoms with Crippen molar-refractivity contribution in [2.75, 3.05) is 0 Å². The maximum absolute atomic E-state index is 11.0. The minimum atomic E-state index is -3.70. The molecule has 0 unspecified atom stereocenters. The second-order valence-corrected chi connectivity index (χ2v) is 5.24. The average molecular weight is 242 g/mol. The normalized spacial score (nSPS) is 24.6. The van der Waals surface area contributed by atoms with Gasteiger partial charge < -0.3 is 4.74 Å². The molecule has 5 nitrogen and oxygen atoms in total. The molecule has 0 saturated heterocycles. The summed E-state index contributed by atoms with van der Waals surface area (Å²) in [5.41, 5.74) is 0.828. The number of para-hydroxylation sites is 1. The highest BCUT2D eigenvalue weighted by molar-refractivity contribution is 7.87. The van der Waals surface area contributed by atoms with Gasteiger partial charge in [-0.2, -0.15) is 13.1 Å². The van der Waals surface area contributed by atoms with E-state index in [-0.39, 0.29) is 12.1 Å². The van der Waals surface area contributed by atoms with Gasteiger partial charge in [0.15, 0.2) is 0 Å². The van der Waals surface area contributed by atoms with Crippen molar-refractivity contribution in [3.63, 3.8) is 0 Å². The molecule has 0 fully saturated rings. The van der Waals surface area contributed by atoms with Gasteiger partial charge in [0.05, 0.1) is 12.1 Å². The number of ether oxygens (including phenoxy) is 1. The summed E-state index contributed by atoms with van der Waals surface area (Å²) in [6.45, 7) is 1.90. The molecule has 1 aromatic rings. The summed E-state index contributed by atoms with van der Waals surface area (Å²) in [4.78, 5) is 0. The summed E-state index contributed by atoms with van der Waals surface area (Å²) in [6, 6.07) is 7.04. The Kier molecular flexibility index (Phi) is 2.88. The van der Waals surface area contributed by atoms with E-state index < -0.39 is 10.2 Å². The Morgan fingerprint density at radius 3 is 2.81 bits per heavy atom. The van der Waals surface area contributed by atoms with Crippen molar-refractivity contribution in [2.45, 2.75) is 25.5 Å². The number of hydrogen-bond acceptors (Lipinski definition) is 3. The van der Waals surface area contributed by atoms with Crippen LogP contribution in [0.4, 0.5) is 0 Å². The molecule has 3 N–H and O–H groups in total. The van der Waals surface area contributed by atoms with Crippen LogP contribution in [0.25, 0.3) is 0 Å². The number of benzene rings is 1. The van der Waals surface area contributed by atoms with Gasteiger partial charge in [0, 0.05) is 12.0 Å². The fraction of sp³-hybridized carbons (Fsp3) is 0.400. The first-order valence-electron chi connectivity index (χ1n) is 5.01. The molecule has 88 valence electrons. The van der Waals surface area contributed by atoms with Crippen molar-refractivity contribution in [3.8, 4) is 5.75 Å². The van der Waals surface area contributed by atoms with Gasteiger partial charge in [-0.15, -0.1) is 0 Å². The highest BCUT2D eigenvalue weighted by Crippen LogP contribution is 2.34. The van der Waals surface area contributed by atoms with Gasteiger partial charge >= 0.3 is 0 Å². The Morgan fingerprint density at radius 2 is 2.12 bits per heavy atom. The molecule has 0 radical (unpaired) electrons. The van der Waals surface area contributed by atoms with Gasteiger partial charge in [0.1, 0.15) is 5.75 Å². The topological polar surface area (TPSA) is 81.4 Å². The summed E-state index contributed by atoms with van der Waals surface area (Å²) in [5.74, 6) is 0.711. The van der Waals surface area contributed by atoms with E-state index in [1.54, 1.807) is 0 Å². The monoisotopic (exact) mass is 242 g/mol. The average Bonchev–Trinajstić information content (AvgIpc) is 2.14. The molecule has 0 spiro atoms. The highest BCUT2D eigenvalue weighted by atomic mass is 32.2. The van der Waals surface area contributed by atoms with Crippen LogP contribution in [-0.4, -0.2) is 14.5 Å². The SMILES string of the molecule is C[C@@H]1C[C@@H](NS(N)(=O)=O)c2ccccc2O1. The lowest BCUT2D eigenvalue weighted by Gasteiger charge is -2.30. The molecule has 6 heteroatoms. The number of nitrogens with one attached hydrogen (secondary N) is 1. The summed E-state index contributed by atoms with van der Waals surface area (Å²) >= 11 is 0. The molecule has 0 amide bonds. The van der Waals surface area contributed by atoms with Gasteiger partial charge in [0.2, 0.25) is 0 Å². The smallest absolute Gasteiger partial charge is 0.274 e. The summed E-state index contributed by atoms with van der Waals surface area (Å²) < 4.78 is 30.1. The van der Waals surface area contributed by atoms with Crippen molar-refractivity contribution in [3.05, 3.63) is 29.8 Å². The van der Waals surface area contributed by atoms with E-state index in [1.165, 1.54) is 0 Å². The van der Waals surface area contributed by atoms with E-state index in [1.807, 2.05) is 31.2 Å². The summed E-state index contributed by atoms with van der Waals surface area (Å²) in [7, 11) is -3.70. The van der Waals surface area contributed by atoms with Crippen LogP contribution in [0.15, 0.2) is 24.3 Å². The molecular weight excluding hydrogens is 228 g/mol. The van der Waals surface area contributed by atoms with Crippen LogP contribution >= 0.6 is 0 Å². The fourth-order valence-corrected chi connectivity index (χ4v) is 2.53. The first-order valence-corrected chi connectivity index (χ1v) is 6.56. The zero-order chi connectivity index (χ0) is 11.8. The lowest BCUT2D eigenvalue weighted by molar-refractivity contribution is 0.173. The van der Waals surface area contributed by atoms with Crippen molar-refractivity contribution in [2.24, 2.45) is 5.14 Å². The molecule has 2 rings (SSSR count). The Balaban J connectivity index is 2.34. The minimum Gasteiger partial charge on any atom is -0.490 e. The van der Waals surface area contributed by atoms with E-state index in [9.17, 15) is 8.42 Å². The highest BCUT2D eigenvalue weighted by Gasteiger charge is 2.27. The van der Waals surface area contributed by atoms with E-state index in [2.05, 4.69) is 4.72 Å². The predicted molar refractivity (Wildman–Crippen MR) is 60.1 cm³/mol. The molecule has 0 aromatic heterocycles. The first kappa shape index (κ1) is 11.4. The van der Waals surface area contributed by atoms with Crippen LogP contribution in [0.3, 0.4) is 0 Å². The standard InChI is InChI=1S/C10H14N2O3S/c1-7-6-9(12-16(11,13)14)8-4-2-3-5-10(8)15-7/h2-5,7,9,12H,6H2,1H3,(H2,11,13,14)/t7-,9-/m1/s1. The molecule has 1 aliphatic rings. The third-order valence-electron chi connectivity index (χ3n) is 2.50. The Bertz CT molecular complexity index is 487. The number of nitrogens with two attached hydrogens (primary N) is 1. The molecule has 1 heterocycles. The second-order valence-electron chi connectivity index (χ2n) is 3.92. The molecule has 0 saturated carbocycles. The van der Waals surface area contributed by atoms with Crippen molar-refractivity contribution < 1.29 is 13.2 Å². The van der Waals surface area contributed by atoms with Crippen LogP contribution in [0.2, 0.25) is 0 Å². The Hall–Kier alpha value is -1.11. The Labute approximate surface area is 94.8 Å². The fourth-order valence-electron chi connectivity index (χ4n) is 1.91. The van der Waals surface area contributed by atoms with Crippen molar-refractivity contribution in [1.29, 1.82) is 0 Å². The Morgan fingerprint density at radius 1 is 1.44 bits per heavy atom. The first-order chi connectivity index (χ1) is 7.46. The van der Waals surface area contributed by atoms with Crippen LogP contribution < -0.4 is 14.6 Å². The van der Waals surface area contributed by atoms with Gasteiger partial charge in [0.25, 0.3) is 10.2 Å². The van der Waals surface area contributed by atoms with E-state index >= 15 is 0 Å². The van der Waals surface area contributed by atoms with Crippen LogP contribution in [-0.2, 0) is 10.2 Å². The summed E-state index contributed by atoms with van der Waals surface area (Å²) in [6.07, 6.45) is 0.544. The van der Waals surface area contributed by atoms with Crippen molar-refractivity contribution >= 4 is 10.2 Å². The maximum atomic E-state index is 11.0. The van der Waals surface area contributed by atoms with Gasteiger partial charge in [-0.1, -0.05) is 18.2 Å². The minimum absolute atomic E-state index is 0.0332. The van der Waals surface area contributed by atoms with Crippen molar-refractivity contribution in [1.82, 2.24) is 4.72 Å². The molecule has 2 atom stereocenters. The van der Waals surface area contributed by atoms with Gasteiger partial charge in [-0.05, 0) is 13.0 Å².